The van der Waals surface area contributed by atoms with Crippen LogP contribution in [0.3, 0.4) is 0 Å². The van der Waals surface area contributed by atoms with E-state index >= 15 is 0 Å². The highest BCUT2D eigenvalue weighted by Gasteiger charge is 2.30. The van der Waals surface area contributed by atoms with Gasteiger partial charge in [0.1, 0.15) is 18.1 Å². The summed E-state index contributed by atoms with van der Waals surface area (Å²) in [6.07, 6.45) is 0.822. The minimum Gasteiger partial charge on any atom is -0.479 e. The van der Waals surface area contributed by atoms with Gasteiger partial charge in [-0.05, 0) is 34.0 Å². The normalized spacial score (nSPS) is 14.6. The quantitative estimate of drug-likeness (QED) is 0.109. The Morgan fingerprint density at radius 2 is 1.47 bits per heavy atom. The van der Waals surface area contributed by atoms with E-state index in [0.717, 1.165) is 11.8 Å². The summed E-state index contributed by atoms with van der Waals surface area (Å²) in [6.45, 7) is 5.94. The van der Waals surface area contributed by atoms with Crippen molar-refractivity contribution < 1.29 is 39.0 Å². The number of aliphatic hydroxyl groups excluding tert-OH is 1. The molecule has 4 atom stereocenters. The molecule has 0 aromatic rings. The molecule has 0 aromatic heterocycles. The van der Waals surface area contributed by atoms with Crippen molar-refractivity contribution in [3.05, 3.63) is 0 Å². The minimum absolute atomic E-state index is 0.111. The van der Waals surface area contributed by atoms with Crippen molar-refractivity contribution in [2.24, 2.45) is 5.73 Å². The van der Waals surface area contributed by atoms with Gasteiger partial charge in [-0.2, -0.15) is 0 Å². The number of carbonyl (C=O) groups excluding carboxylic acids is 5. The van der Waals surface area contributed by atoms with Crippen molar-refractivity contribution in [2.45, 2.75) is 63.2 Å². The second-order valence-electron chi connectivity index (χ2n) is 8.33. The summed E-state index contributed by atoms with van der Waals surface area (Å²) < 4.78 is 0. The third-order valence-corrected chi connectivity index (χ3v) is 4.93. The number of hydrogen-bond acceptors (Lipinski definition) is 9. The number of aliphatic hydroxyl groups is 1. The molecule has 0 saturated heterocycles. The van der Waals surface area contributed by atoms with E-state index in [9.17, 15) is 33.9 Å². The largest absolute Gasteiger partial charge is 0.479 e. The predicted molar refractivity (Wildman–Crippen MR) is 123 cm³/mol. The number of carboxylic acid groups (broad SMARTS) is 1. The number of nitrogens with two attached hydrogens (primary N) is 1. The maximum absolute atomic E-state index is 12.5. The lowest BCUT2D eigenvalue weighted by Crippen LogP contribution is -2.58. The number of carboxylic acids is 1. The fraction of sp³-hybridized carbons (Fsp3) is 0.684. The summed E-state index contributed by atoms with van der Waals surface area (Å²) in [6, 6.07) is -4.08. The number of rotatable bonds is 14. The zero-order chi connectivity index (χ0) is 26.6. The van der Waals surface area contributed by atoms with Crippen molar-refractivity contribution >= 4 is 47.3 Å². The van der Waals surface area contributed by atoms with E-state index in [1.54, 1.807) is 0 Å². The Balaban J connectivity index is 5.08. The Labute approximate surface area is 201 Å². The fourth-order valence-electron chi connectivity index (χ4n) is 2.32. The van der Waals surface area contributed by atoms with Gasteiger partial charge in [-0.25, -0.2) is 4.79 Å². The first-order valence-corrected chi connectivity index (χ1v) is 11.5. The highest BCUT2D eigenvalue weighted by atomic mass is 32.2. The van der Waals surface area contributed by atoms with Crippen LogP contribution in [0.2, 0.25) is 0 Å². The number of primary amides is 1. The molecule has 15 heteroatoms. The Kier molecular flexibility index (Phi) is 13.1. The highest BCUT2D eigenvalue weighted by Crippen LogP contribution is 2.04. The standard InChI is InChI=1S/C19H34N6O8S/c1-9(22-16(31)11(8-26)23-13(28)7-21-19(2,3)4)14(29)24-10(6-12(20)27)15(30)25-17(34-5)18(32)33/h9-11,17,21,26H,6-8H2,1-5H3,(H2,20,27)(H,22,31)(H,23,28)(H,24,29)(H,25,30)(H,32,33)/t9-,10-,11?,17?/m0/s1. The molecule has 0 spiro atoms. The first-order chi connectivity index (χ1) is 15.6. The Morgan fingerprint density at radius 1 is 0.912 bits per heavy atom. The van der Waals surface area contributed by atoms with Crippen LogP contribution in [0.15, 0.2) is 0 Å². The summed E-state index contributed by atoms with van der Waals surface area (Å²) in [5, 5.41) is 29.1. The number of nitrogens with one attached hydrogen (secondary N) is 5. The molecule has 0 fully saturated rings. The minimum atomic E-state index is -1.49. The van der Waals surface area contributed by atoms with Crippen LogP contribution in [0, 0.1) is 0 Å². The van der Waals surface area contributed by atoms with E-state index < -0.39 is 72.0 Å². The lowest BCUT2D eigenvalue weighted by atomic mass is 10.1. The highest BCUT2D eigenvalue weighted by molar-refractivity contribution is 7.99. The lowest BCUT2D eigenvalue weighted by Gasteiger charge is -2.24. The van der Waals surface area contributed by atoms with Gasteiger partial charge in [0.15, 0.2) is 5.37 Å². The van der Waals surface area contributed by atoms with Gasteiger partial charge in [-0.3, -0.25) is 24.0 Å². The van der Waals surface area contributed by atoms with Gasteiger partial charge in [0, 0.05) is 5.54 Å². The van der Waals surface area contributed by atoms with Gasteiger partial charge < -0.3 is 42.5 Å². The molecule has 0 heterocycles. The van der Waals surface area contributed by atoms with Crippen molar-refractivity contribution in [3.8, 4) is 0 Å². The van der Waals surface area contributed by atoms with E-state index in [1.165, 1.54) is 13.2 Å². The van der Waals surface area contributed by atoms with E-state index in [1.807, 2.05) is 20.8 Å². The van der Waals surface area contributed by atoms with Gasteiger partial charge in [0.05, 0.1) is 19.6 Å². The SMILES string of the molecule is CSC(NC(=O)[C@H](CC(N)=O)NC(=O)[C@H](C)NC(=O)C(CO)NC(=O)CNC(C)(C)C)C(=O)O. The van der Waals surface area contributed by atoms with E-state index in [-0.39, 0.29) is 12.1 Å². The van der Waals surface area contributed by atoms with Crippen LogP contribution in [-0.4, -0.2) is 94.2 Å². The molecule has 194 valence electrons. The van der Waals surface area contributed by atoms with E-state index in [4.69, 9.17) is 10.8 Å². The van der Waals surface area contributed by atoms with Gasteiger partial charge in [0.2, 0.25) is 29.5 Å². The molecule has 0 aromatic carbocycles. The smallest absolute Gasteiger partial charge is 0.336 e. The third kappa shape index (κ3) is 12.4. The van der Waals surface area contributed by atoms with E-state index in [2.05, 4.69) is 26.6 Å². The molecule has 9 N–H and O–H groups in total. The van der Waals surface area contributed by atoms with Gasteiger partial charge in [0.25, 0.3) is 0 Å². The fourth-order valence-corrected chi connectivity index (χ4v) is 2.76. The van der Waals surface area contributed by atoms with Gasteiger partial charge in [-0.1, -0.05) is 0 Å². The maximum Gasteiger partial charge on any atom is 0.336 e. The average molecular weight is 507 g/mol. The molecule has 2 unspecified atom stereocenters. The van der Waals surface area contributed by atoms with Crippen LogP contribution in [0.5, 0.6) is 0 Å². The summed E-state index contributed by atoms with van der Waals surface area (Å²) >= 11 is 0.811. The van der Waals surface area contributed by atoms with Crippen LogP contribution in [0.4, 0.5) is 0 Å². The molecule has 14 nitrogen and oxygen atoms in total. The number of aliphatic carboxylic acids is 1. The average Bonchev–Trinajstić information content (AvgIpc) is 2.72. The first-order valence-electron chi connectivity index (χ1n) is 10.2. The topological polar surface area (TPSA) is 229 Å². The van der Waals surface area contributed by atoms with Crippen molar-refractivity contribution in [1.82, 2.24) is 26.6 Å². The van der Waals surface area contributed by atoms with Crippen molar-refractivity contribution in [2.75, 3.05) is 19.4 Å². The summed E-state index contributed by atoms with van der Waals surface area (Å²) in [7, 11) is 0. The maximum atomic E-state index is 12.5. The van der Waals surface area contributed by atoms with Crippen LogP contribution < -0.4 is 32.3 Å². The zero-order valence-corrected chi connectivity index (χ0v) is 20.6. The molecule has 34 heavy (non-hydrogen) atoms. The Bertz CT molecular complexity index is 772. The molecular formula is C19H34N6O8S. The Morgan fingerprint density at radius 3 is 1.91 bits per heavy atom. The number of amides is 5. The van der Waals surface area contributed by atoms with Crippen LogP contribution >= 0.6 is 11.8 Å². The number of carbonyl (C=O) groups is 6. The summed E-state index contributed by atoms with van der Waals surface area (Å²) in [5.74, 6) is -5.53. The van der Waals surface area contributed by atoms with Crippen molar-refractivity contribution in [1.29, 1.82) is 0 Å². The zero-order valence-electron chi connectivity index (χ0n) is 19.8. The molecule has 5 amide bonds. The van der Waals surface area contributed by atoms with Crippen LogP contribution in [0.25, 0.3) is 0 Å². The summed E-state index contributed by atoms with van der Waals surface area (Å²) in [5.41, 5.74) is 4.76. The van der Waals surface area contributed by atoms with E-state index in [0.29, 0.717) is 0 Å². The number of thioether (sulfide) groups is 1. The van der Waals surface area contributed by atoms with Gasteiger partial charge in [-0.15, -0.1) is 11.8 Å². The van der Waals surface area contributed by atoms with Crippen LogP contribution in [0.1, 0.15) is 34.1 Å². The monoisotopic (exact) mass is 506 g/mol. The molecule has 0 radical (unpaired) electrons. The van der Waals surface area contributed by atoms with Gasteiger partial charge >= 0.3 is 5.97 Å². The number of hydrogen-bond donors (Lipinski definition) is 8. The molecule has 0 aliphatic carbocycles. The molecule has 0 aliphatic heterocycles. The lowest BCUT2D eigenvalue weighted by molar-refractivity contribution is -0.140. The molecule has 0 saturated carbocycles. The summed E-state index contributed by atoms with van der Waals surface area (Å²) in [4.78, 5) is 71.6. The predicted octanol–water partition coefficient (Wildman–Crippen LogP) is -3.39. The van der Waals surface area contributed by atoms with Crippen molar-refractivity contribution in [3.63, 3.8) is 0 Å². The molecule has 0 bridgehead atoms. The molecular weight excluding hydrogens is 472 g/mol. The van der Waals surface area contributed by atoms with Crippen LogP contribution in [-0.2, 0) is 28.8 Å². The second-order valence-corrected chi connectivity index (χ2v) is 9.27. The molecule has 0 aliphatic rings. The Hall–Kier alpha value is -2.91. The second kappa shape index (κ2) is 14.4. The first kappa shape index (κ1) is 31.1. The molecule has 0 rings (SSSR count). The third-order valence-electron chi connectivity index (χ3n) is 4.14.